The van der Waals surface area contributed by atoms with E-state index < -0.39 is 27.9 Å². The van der Waals surface area contributed by atoms with Crippen LogP contribution in [0.25, 0.3) is 0 Å². The van der Waals surface area contributed by atoms with Gasteiger partial charge in [0.05, 0.1) is 23.7 Å². The number of rotatable bonds is 3. The Kier molecular flexibility index (Phi) is 4.27. The van der Waals surface area contributed by atoms with Crippen LogP contribution in [0.3, 0.4) is 0 Å². The Balaban J connectivity index is 2.51. The molecule has 1 aromatic carbocycles. The van der Waals surface area contributed by atoms with Crippen molar-refractivity contribution in [3.63, 3.8) is 0 Å². The van der Waals surface area contributed by atoms with E-state index in [2.05, 4.69) is 0 Å². The fourth-order valence-corrected chi connectivity index (χ4v) is 2.84. The Labute approximate surface area is 123 Å². The number of alkyl halides is 3. The molecule has 1 aliphatic rings. The van der Waals surface area contributed by atoms with Crippen molar-refractivity contribution in [1.29, 1.82) is 0 Å². The number of ether oxygens (including phenoxy) is 1. The summed E-state index contributed by atoms with van der Waals surface area (Å²) in [5.74, 6) is 0.105. The molecule has 0 saturated heterocycles. The van der Waals surface area contributed by atoms with Gasteiger partial charge in [-0.3, -0.25) is 0 Å². The van der Waals surface area contributed by atoms with E-state index in [1.807, 2.05) is 0 Å². The average Bonchev–Trinajstić information content (AvgIpc) is 2.36. The molecule has 0 saturated carbocycles. The van der Waals surface area contributed by atoms with Crippen LogP contribution in [0.15, 0.2) is 23.1 Å². The summed E-state index contributed by atoms with van der Waals surface area (Å²) in [5, 5.41) is 9.02. The van der Waals surface area contributed by atoms with Crippen LogP contribution in [0.1, 0.15) is 0 Å². The minimum atomic E-state index is -4.67. The summed E-state index contributed by atoms with van der Waals surface area (Å²) in [4.78, 5) is 0.530. The van der Waals surface area contributed by atoms with Gasteiger partial charge in [-0.25, -0.2) is 8.42 Å². The molecule has 0 spiro atoms. The van der Waals surface area contributed by atoms with Gasteiger partial charge in [-0.15, -0.1) is 0 Å². The topological polar surface area (TPSA) is 66.8 Å². The molecule has 1 N–H and O–H groups in total. The molecule has 0 fully saturated rings. The Morgan fingerprint density at radius 2 is 2.10 bits per heavy atom. The van der Waals surface area contributed by atoms with Gasteiger partial charge < -0.3 is 14.7 Å². The second kappa shape index (κ2) is 5.54. The zero-order valence-electron chi connectivity index (χ0n) is 10.5. The lowest BCUT2D eigenvalue weighted by atomic mass is 10.1. The number of aliphatic hydroxyl groups excluding tert-OH is 1. The Bertz CT molecular complexity index is 635. The van der Waals surface area contributed by atoms with E-state index in [1.165, 1.54) is 6.07 Å². The molecule has 1 unspecified atom stereocenters. The highest BCUT2D eigenvalue weighted by molar-refractivity contribution is 8.13. The van der Waals surface area contributed by atoms with Crippen LogP contribution in [0, 0.1) is 0 Å². The lowest BCUT2D eigenvalue weighted by molar-refractivity contribution is -0.156. The summed E-state index contributed by atoms with van der Waals surface area (Å²) in [7, 11) is 1.11. The SMILES string of the molecule is O=S(=O)(Cl)c1ccc2c(c1)N(C(CO)C(F)(F)F)CCO2. The van der Waals surface area contributed by atoms with Gasteiger partial charge >= 0.3 is 6.18 Å². The van der Waals surface area contributed by atoms with Crippen LogP contribution in [0.4, 0.5) is 18.9 Å². The average molecular weight is 346 g/mol. The standard InChI is InChI=1S/C11H11ClF3NO4S/c12-21(18,19)7-1-2-9-8(5-7)16(3-4-20-9)10(6-17)11(13,14)15/h1-2,5,10,17H,3-4,6H2. The number of benzene rings is 1. The van der Waals surface area contributed by atoms with Gasteiger partial charge in [0.15, 0.2) is 0 Å². The first-order valence-corrected chi connectivity index (χ1v) is 8.11. The number of fused-ring (bicyclic) bond motifs is 1. The van der Waals surface area contributed by atoms with E-state index in [0.717, 1.165) is 17.0 Å². The van der Waals surface area contributed by atoms with Crippen molar-refractivity contribution in [2.45, 2.75) is 17.1 Å². The van der Waals surface area contributed by atoms with Crippen molar-refractivity contribution in [1.82, 2.24) is 0 Å². The smallest absolute Gasteiger partial charge is 0.410 e. The van der Waals surface area contributed by atoms with Gasteiger partial charge in [0.2, 0.25) is 0 Å². The quantitative estimate of drug-likeness (QED) is 0.845. The maximum Gasteiger partial charge on any atom is 0.410 e. The monoisotopic (exact) mass is 345 g/mol. The highest BCUT2D eigenvalue weighted by Gasteiger charge is 2.45. The molecular weight excluding hydrogens is 335 g/mol. The molecule has 0 amide bonds. The van der Waals surface area contributed by atoms with Gasteiger partial charge in [-0.05, 0) is 18.2 Å². The first-order chi connectivity index (χ1) is 9.64. The third-order valence-corrected chi connectivity index (χ3v) is 4.39. The van der Waals surface area contributed by atoms with Crippen molar-refractivity contribution in [2.75, 3.05) is 24.7 Å². The molecule has 21 heavy (non-hydrogen) atoms. The number of hydrogen-bond donors (Lipinski definition) is 1. The maximum absolute atomic E-state index is 12.9. The van der Waals surface area contributed by atoms with Crippen LogP contribution in [-0.4, -0.2) is 45.5 Å². The third-order valence-electron chi connectivity index (χ3n) is 3.04. The van der Waals surface area contributed by atoms with Crippen LogP contribution in [0.5, 0.6) is 5.75 Å². The van der Waals surface area contributed by atoms with E-state index in [-0.39, 0.29) is 29.5 Å². The first-order valence-electron chi connectivity index (χ1n) is 5.80. The summed E-state index contributed by atoms with van der Waals surface area (Å²) >= 11 is 0. The Hall–Kier alpha value is -1.19. The fourth-order valence-electron chi connectivity index (χ4n) is 2.07. The minimum Gasteiger partial charge on any atom is -0.490 e. The summed E-state index contributed by atoms with van der Waals surface area (Å²) in [6.45, 7) is -1.29. The van der Waals surface area contributed by atoms with Crippen molar-refractivity contribution >= 4 is 25.4 Å². The van der Waals surface area contributed by atoms with Gasteiger partial charge in [0, 0.05) is 10.7 Å². The number of halogens is 4. The van der Waals surface area contributed by atoms with Gasteiger partial charge in [0.1, 0.15) is 18.4 Å². The summed E-state index contributed by atoms with van der Waals surface area (Å²) < 4.78 is 66.6. The van der Waals surface area contributed by atoms with Crippen molar-refractivity contribution in [3.05, 3.63) is 18.2 Å². The second-order valence-electron chi connectivity index (χ2n) is 4.35. The molecule has 1 aromatic rings. The molecule has 1 atom stereocenters. The lowest BCUT2D eigenvalue weighted by Gasteiger charge is -2.37. The molecule has 1 aliphatic heterocycles. The highest BCUT2D eigenvalue weighted by atomic mass is 35.7. The molecule has 1 heterocycles. The van der Waals surface area contributed by atoms with E-state index in [0.29, 0.717) is 0 Å². The van der Waals surface area contributed by atoms with Crippen LogP contribution in [0.2, 0.25) is 0 Å². The molecule has 0 aromatic heterocycles. The third kappa shape index (κ3) is 3.35. The van der Waals surface area contributed by atoms with Crippen LogP contribution < -0.4 is 9.64 Å². The Morgan fingerprint density at radius 1 is 1.43 bits per heavy atom. The maximum atomic E-state index is 12.9. The van der Waals surface area contributed by atoms with Crippen LogP contribution in [-0.2, 0) is 9.05 Å². The van der Waals surface area contributed by atoms with Crippen molar-refractivity contribution < 1.29 is 31.4 Å². The number of nitrogens with zero attached hydrogens (tertiary/aromatic N) is 1. The van der Waals surface area contributed by atoms with Crippen molar-refractivity contribution in [3.8, 4) is 5.75 Å². The summed E-state index contributed by atoms with van der Waals surface area (Å²) in [6, 6.07) is 1.24. The van der Waals surface area contributed by atoms with E-state index in [9.17, 15) is 21.6 Å². The van der Waals surface area contributed by atoms with Crippen molar-refractivity contribution in [2.24, 2.45) is 0 Å². The number of hydrogen-bond acceptors (Lipinski definition) is 5. The van der Waals surface area contributed by atoms with Gasteiger partial charge in [-0.1, -0.05) is 0 Å². The van der Waals surface area contributed by atoms with E-state index in [1.54, 1.807) is 0 Å². The minimum absolute atomic E-state index is 0.00739. The molecule has 2 rings (SSSR count). The normalized spacial score (nSPS) is 17.1. The zero-order valence-corrected chi connectivity index (χ0v) is 12.0. The zero-order chi connectivity index (χ0) is 15.8. The predicted molar refractivity (Wildman–Crippen MR) is 69.3 cm³/mol. The fraction of sp³-hybridized carbons (Fsp3) is 0.455. The molecular formula is C11H11ClF3NO4S. The van der Waals surface area contributed by atoms with E-state index >= 15 is 0 Å². The predicted octanol–water partition coefficient (Wildman–Crippen LogP) is 1.74. The van der Waals surface area contributed by atoms with Crippen LogP contribution >= 0.6 is 10.7 Å². The largest absolute Gasteiger partial charge is 0.490 e. The second-order valence-corrected chi connectivity index (χ2v) is 6.92. The first kappa shape index (κ1) is 16.2. The number of aliphatic hydroxyl groups is 1. The lowest BCUT2D eigenvalue weighted by Crippen LogP contribution is -2.51. The molecule has 10 heteroatoms. The Morgan fingerprint density at radius 3 is 2.62 bits per heavy atom. The highest BCUT2D eigenvalue weighted by Crippen LogP contribution is 2.38. The van der Waals surface area contributed by atoms with E-state index in [4.69, 9.17) is 20.5 Å². The van der Waals surface area contributed by atoms with Gasteiger partial charge in [-0.2, -0.15) is 13.2 Å². The molecule has 0 radical (unpaired) electrons. The molecule has 0 bridgehead atoms. The van der Waals surface area contributed by atoms with Gasteiger partial charge in [0.25, 0.3) is 9.05 Å². The molecule has 5 nitrogen and oxygen atoms in total. The molecule has 0 aliphatic carbocycles. The molecule has 118 valence electrons. The summed E-state index contributed by atoms with van der Waals surface area (Å²) in [5.41, 5.74) is -0.0700. The number of anilines is 1. The summed E-state index contributed by atoms with van der Waals surface area (Å²) in [6.07, 6.45) is -4.67.